The Bertz CT molecular complexity index is 928. The number of ether oxygens (including phenoxy) is 3. The van der Waals surface area contributed by atoms with Gasteiger partial charge in [0.05, 0.1) is 20.6 Å². The van der Waals surface area contributed by atoms with E-state index in [1.54, 1.807) is 26.4 Å². The van der Waals surface area contributed by atoms with Crippen molar-refractivity contribution in [2.45, 2.75) is 13.0 Å². The second-order valence-corrected chi connectivity index (χ2v) is 6.28. The van der Waals surface area contributed by atoms with Crippen LogP contribution in [0.15, 0.2) is 66.7 Å². The highest BCUT2D eigenvalue weighted by molar-refractivity contribution is 5.76. The summed E-state index contributed by atoms with van der Waals surface area (Å²) in [5.41, 5.74) is 3.35. The molecule has 0 amide bonds. The van der Waals surface area contributed by atoms with E-state index >= 15 is 0 Å². The number of aliphatic carboxylic acids is 1. The monoisotopic (exact) mass is 378 g/mol. The fourth-order valence-corrected chi connectivity index (χ4v) is 2.91. The zero-order valence-corrected chi connectivity index (χ0v) is 15.8. The van der Waals surface area contributed by atoms with E-state index in [2.05, 4.69) is 0 Å². The molecule has 3 aromatic rings. The van der Waals surface area contributed by atoms with Gasteiger partial charge in [0.1, 0.15) is 23.9 Å². The van der Waals surface area contributed by atoms with Crippen LogP contribution in [0.4, 0.5) is 0 Å². The zero-order chi connectivity index (χ0) is 19.9. The molecular weight excluding hydrogens is 356 g/mol. The number of methoxy groups -OCH3 is 2. The van der Waals surface area contributed by atoms with E-state index in [0.717, 1.165) is 16.7 Å². The molecule has 1 N–H and O–H groups in total. The Hall–Kier alpha value is -3.47. The molecule has 0 saturated carbocycles. The Balaban J connectivity index is 2.01. The molecule has 144 valence electrons. The largest absolute Gasteiger partial charge is 0.497 e. The van der Waals surface area contributed by atoms with Gasteiger partial charge >= 0.3 is 5.97 Å². The van der Waals surface area contributed by atoms with Crippen LogP contribution >= 0.6 is 0 Å². The molecule has 0 aliphatic heterocycles. The molecule has 0 unspecified atom stereocenters. The molecule has 0 heterocycles. The molecule has 0 aliphatic carbocycles. The summed E-state index contributed by atoms with van der Waals surface area (Å²) in [6, 6.07) is 20.8. The molecule has 3 rings (SSSR count). The lowest BCUT2D eigenvalue weighted by atomic mass is 10.00. The number of carboxylic acids is 1. The highest BCUT2D eigenvalue weighted by Crippen LogP contribution is 2.36. The molecule has 0 aliphatic rings. The summed E-state index contributed by atoms with van der Waals surface area (Å²) in [6.07, 6.45) is -0.0624. The van der Waals surface area contributed by atoms with Gasteiger partial charge < -0.3 is 19.3 Å². The van der Waals surface area contributed by atoms with E-state index in [-0.39, 0.29) is 6.42 Å². The number of hydrogen-bond donors (Lipinski definition) is 1. The van der Waals surface area contributed by atoms with Crippen molar-refractivity contribution in [2.75, 3.05) is 14.2 Å². The first kappa shape index (κ1) is 19.3. The molecule has 0 spiro atoms. The molecular formula is C23H22O5. The van der Waals surface area contributed by atoms with Crippen molar-refractivity contribution in [2.24, 2.45) is 0 Å². The Kier molecular flexibility index (Phi) is 6.17. The summed E-state index contributed by atoms with van der Waals surface area (Å²) < 4.78 is 16.8. The third kappa shape index (κ3) is 4.82. The average molecular weight is 378 g/mol. The van der Waals surface area contributed by atoms with Crippen LogP contribution in [0.2, 0.25) is 0 Å². The van der Waals surface area contributed by atoms with Gasteiger partial charge in [0.15, 0.2) is 0 Å². The molecule has 0 atom stereocenters. The van der Waals surface area contributed by atoms with Gasteiger partial charge in [-0.1, -0.05) is 36.4 Å². The summed E-state index contributed by atoms with van der Waals surface area (Å²) in [6.45, 7) is 0.410. The van der Waals surface area contributed by atoms with Crippen LogP contribution in [0.3, 0.4) is 0 Å². The lowest BCUT2D eigenvalue weighted by Crippen LogP contribution is -2.02. The zero-order valence-electron chi connectivity index (χ0n) is 15.8. The minimum Gasteiger partial charge on any atom is -0.497 e. The van der Waals surface area contributed by atoms with Gasteiger partial charge in [-0.3, -0.25) is 4.79 Å². The quantitative estimate of drug-likeness (QED) is 0.622. The number of hydrogen-bond acceptors (Lipinski definition) is 4. The first-order valence-electron chi connectivity index (χ1n) is 8.84. The molecule has 0 fully saturated rings. The second kappa shape index (κ2) is 8.95. The standard InChI is InChI=1S/C23H22O5/c1-26-19-12-18(13-20(14-19)27-2)21-10-17(11-23(24)25)8-9-22(21)28-15-16-6-4-3-5-7-16/h3-10,12-14H,11,15H2,1-2H3,(H,24,25). The van der Waals surface area contributed by atoms with Crippen molar-refractivity contribution in [3.63, 3.8) is 0 Å². The first-order valence-corrected chi connectivity index (χ1v) is 8.84. The fourth-order valence-electron chi connectivity index (χ4n) is 2.91. The third-order valence-electron chi connectivity index (χ3n) is 4.30. The Morgan fingerprint density at radius 3 is 2.14 bits per heavy atom. The Labute approximate surface area is 164 Å². The Morgan fingerprint density at radius 2 is 1.54 bits per heavy atom. The smallest absolute Gasteiger partial charge is 0.307 e. The van der Waals surface area contributed by atoms with E-state index in [9.17, 15) is 4.79 Å². The second-order valence-electron chi connectivity index (χ2n) is 6.28. The number of benzene rings is 3. The number of rotatable bonds is 8. The van der Waals surface area contributed by atoms with Crippen LogP contribution in [0.5, 0.6) is 17.2 Å². The highest BCUT2D eigenvalue weighted by atomic mass is 16.5. The van der Waals surface area contributed by atoms with Crippen LogP contribution in [0.25, 0.3) is 11.1 Å². The molecule has 5 heteroatoms. The molecule has 0 aromatic heterocycles. The maximum atomic E-state index is 11.1. The first-order chi connectivity index (χ1) is 13.6. The Morgan fingerprint density at radius 1 is 0.857 bits per heavy atom. The minimum atomic E-state index is -0.882. The van der Waals surface area contributed by atoms with Crippen LogP contribution in [-0.2, 0) is 17.8 Å². The van der Waals surface area contributed by atoms with Crippen molar-refractivity contribution >= 4 is 5.97 Å². The molecule has 3 aromatic carbocycles. The summed E-state index contributed by atoms with van der Waals surface area (Å²) >= 11 is 0. The van der Waals surface area contributed by atoms with E-state index in [1.165, 1.54) is 0 Å². The van der Waals surface area contributed by atoms with E-state index in [0.29, 0.717) is 29.4 Å². The molecule has 0 radical (unpaired) electrons. The van der Waals surface area contributed by atoms with Crippen molar-refractivity contribution in [3.05, 3.63) is 77.9 Å². The topological polar surface area (TPSA) is 65.0 Å². The highest BCUT2D eigenvalue weighted by Gasteiger charge is 2.13. The summed E-state index contributed by atoms with van der Waals surface area (Å²) in [7, 11) is 3.18. The molecule has 28 heavy (non-hydrogen) atoms. The predicted molar refractivity (Wildman–Crippen MR) is 107 cm³/mol. The summed E-state index contributed by atoms with van der Waals surface area (Å²) in [4.78, 5) is 11.1. The maximum Gasteiger partial charge on any atom is 0.307 e. The van der Waals surface area contributed by atoms with Gasteiger partial charge in [-0.05, 0) is 41.0 Å². The van der Waals surface area contributed by atoms with Crippen LogP contribution in [-0.4, -0.2) is 25.3 Å². The lowest BCUT2D eigenvalue weighted by molar-refractivity contribution is -0.136. The summed E-state index contributed by atoms with van der Waals surface area (Å²) in [5, 5.41) is 9.14. The van der Waals surface area contributed by atoms with Crippen LogP contribution in [0, 0.1) is 0 Å². The van der Waals surface area contributed by atoms with Gasteiger partial charge in [-0.15, -0.1) is 0 Å². The van der Waals surface area contributed by atoms with Gasteiger partial charge in [0.25, 0.3) is 0 Å². The van der Waals surface area contributed by atoms with Gasteiger partial charge in [0.2, 0.25) is 0 Å². The van der Waals surface area contributed by atoms with E-state index in [1.807, 2.05) is 54.6 Å². The van der Waals surface area contributed by atoms with Crippen LogP contribution < -0.4 is 14.2 Å². The maximum absolute atomic E-state index is 11.1. The van der Waals surface area contributed by atoms with Crippen molar-refractivity contribution in [1.82, 2.24) is 0 Å². The number of carbonyl (C=O) groups is 1. The number of carboxylic acid groups (broad SMARTS) is 1. The van der Waals surface area contributed by atoms with Gasteiger partial charge in [0, 0.05) is 11.6 Å². The van der Waals surface area contributed by atoms with Crippen molar-refractivity contribution in [1.29, 1.82) is 0 Å². The van der Waals surface area contributed by atoms with Gasteiger partial charge in [-0.25, -0.2) is 0 Å². The summed E-state index contributed by atoms with van der Waals surface area (Å²) in [5.74, 6) is 1.07. The third-order valence-corrected chi connectivity index (χ3v) is 4.30. The van der Waals surface area contributed by atoms with E-state index in [4.69, 9.17) is 19.3 Å². The van der Waals surface area contributed by atoms with Gasteiger partial charge in [-0.2, -0.15) is 0 Å². The lowest BCUT2D eigenvalue weighted by Gasteiger charge is -2.15. The minimum absolute atomic E-state index is 0.0624. The van der Waals surface area contributed by atoms with Crippen LogP contribution in [0.1, 0.15) is 11.1 Å². The normalized spacial score (nSPS) is 10.4. The predicted octanol–water partition coefficient (Wildman–Crippen LogP) is 4.58. The molecule has 0 saturated heterocycles. The van der Waals surface area contributed by atoms with Crippen molar-refractivity contribution < 1.29 is 24.1 Å². The van der Waals surface area contributed by atoms with Crippen molar-refractivity contribution in [3.8, 4) is 28.4 Å². The molecule has 0 bridgehead atoms. The SMILES string of the molecule is COc1cc(OC)cc(-c2cc(CC(=O)O)ccc2OCc2ccccc2)c1. The molecule has 5 nitrogen and oxygen atoms in total. The van der Waals surface area contributed by atoms with E-state index < -0.39 is 5.97 Å². The average Bonchev–Trinajstić information content (AvgIpc) is 2.72. The fraction of sp³-hybridized carbons (Fsp3) is 0.174.